The van der Waals surface area contributed by atoms with Crippen molar-refractivity contribution in [1.82, 2.24) is 5.32 Å². The lowest BCUT2D eigenvalue weighted by Crippen LogP contribution is -2.21. The van der Waals surface area contributed by atoms with Gasteiger partial charge in [-0.25, -0.2) is 4.39 Å². The van der Waals surface area contributed by atoms with E-state index in [9.17, 15) is 4.39 Å². The minimum atomic E-state index is -0.189. The van der Waals surface area contributed by atoms with Crippen LogP contribution in [-0.2, 0) is 6.54 Å². The molecule has 0 aromatic heterocycles. The predicted octanol–water partition coefficient (Wildman–Crippen LogP) is 4.78. The molecule has 0 unspecified atom stereocenters. The molecule has 0 aliphatic rings. The fourth-order valence-electron chi connectivity index (χ4n) is 1.92. The molecule has 106 valence electrons. The van der Waals surface area contributed by atoms with Gasteiger partial charge in [-0.2, -0.15) is 0 Å². The Labute approximate surface area is 124 Å². The molecule has 0 saturated heterocycles. The number of halogens is 1. The van der Waals surface area contributed by atoms with Crippen LogP contribution in [-0.4, -0.2) is 6.04 Å². The van der Waals surface area contributed by atoms with Gasteiger partial charge < -0.3 is 5.32 Å². The summed E-state index contributed by atoms with van der Waals surface area (Å²) < 4.78 is 13.2. The van der Waals surface area contributed by atoms with E-state index in [0.717, 1.165) is 11.4 Å². The summed E-state index contributed by atoms with van der Waals surface area (Å²) in [7, 11) is 0. The number of aryl methyl sites for hydroxylation is 1. The van der Waals surface area contributed by atoms with Crippen LogP contribution >= 0.6 is 11.8 Å². The molecule has 0 bridgehead atoms. The molecule has 0 fully saturated rings. The van der Waals surface area contributed by atoms with Gasteiger partial charge in [-0.3, -0.25) is 0 Å². The predicted molar refractivity (Wildman–Crippen MR) is 83.7 cm³/mol. The summed E-state index contributed by atoms with van der Waals surface area (Å²) in [6.45, 7) is 7.26. The van der Waals surface area contributed by atoms with Crippen molar-refractivity contribution in [2.45, 2.75) is 43.1 Å². The van der Waals surface area contributed by atoms with Crippen molar-refractivity contribution in [2.24, 2.45) is 0 Å². The van der Waals surface area contributed by atoms with E-state index in [2.05, 4.69) is 44.3 Å². The van der Waals surface area contributed by atoms with Crippen LogP contribution < -0.4 is 5.32 Å². The van der Waals surface area contributed by atoms with Crippen LogP contribution in [0.4, 0.5) is 4.39 Å². The molecule has 20 heavy (non-hydrogen) atoms. The highest BCUT2D eigenvalue weighted by molar-refractivity contribution is 7.99. The molecule has 0 saturated carbocycles. The highest BCUT2D eigenvalue weighted by atomic mass is 32.2. The zero-order valence-electron chi connectivity index (χ0n) is 12.1. The first-order valence-electron chi connectivity index (χ1n) is 6.81. The molecule has 2 aromatic rings. The summed E-state index contributed by atoms with van der Waals surface area (Å²) in [5, 5.41) is 3.41. The molecule has 1 nitrogen and oxygen atoms in total. The standard InChI is InChI=1S/C17H20FNS/c1-12(2)19-11-14-7-8-17(13(3)9-14)20-16-6-4-5-15(18)10-16/h4-10,12,19H,11H2,1-3H3. The van der Waals surface area contributed by atoms with Gasteiger partial charge in [-0.15, -0.1) is 0 Å². The molecule has 0 aliphatic carbocycles. The number of rotatable bonds is 5. The highest BCUT2D eigenvalue weighted by Crippen LogP contribution is 2.31. The Morgan fingerprint density at radius 1 is 1.15 bits per heavy atom. The molecule has 2 aromatic carbocycles. The first kappa shape index (κ1) is 15.1. The number of hydrogen-bond donors (Lipinski definition) is 1. The Bertz CT molecular complexity index is 581. The van der Waals surface area contributed by atoms with Crippen molar-refractivity contribution in [1.29, 1.82) is 0 Å². The second kappa shape index (κ2) is 6.91. The zero-order valence-corrected chi connectivity index (χ0v) is 12.9. The first-order chi connectivity index (χ1) is 9.54. The van der Waals surface area contributed by atoms with Crippen molar-refractivity contribution >= 4 is 11.8 Å². The minimum Gasteiger partial charge on any atom is -0.310 e. The molecule has 0 heterocycles. The molecule has 1 N–H and O–H groups in total. The quantitative estimate of drug-likeness (QED) is 0.850. The van der Waals surface area contributed by atoms with Gasteiger partial charge in [0.15, 0.2) is 0 Å². The summed E-state index contributed by atoms with van der Waals surface area (Å²) in [5.41, 5.74) is 2.50. The summed E-state index contributed by atoms with van der Waals surface area (Å²) in [6, 6.07) is 13.6. The molecule has 0 atom stereocenters. The number of hydrogen-bond acceptors (Lipinski definition) is 2. The maximum absolute atomic E-state index is 13.2. The van der Waals surface area contributed by atoms with Gasteiger partial charge in [0.1, 0.15) is 5.82 Å². The first-order valence-corrected chi connectivity index (χ1v) is 7.62. The molecular formula is C17H20FNS. The second-order valence-corrected chi connectivity index (χ2v) is 6.31. The van der Waals surface area contributed by atoms with E-state index in [-0.39, 0.29) is 5.82 Å². The fourth-order valence-corrected chi connectivity index (χ4v) is 2.84. The summed E-state index contributed by atoms with van der Waals surface area (Å²) in [6.07, 6.45) is 0. The van der Waals surface area contributed by atoms with E-state index >= 15 is 0 Å². The Morgan fingerprint density at radius 3 is 2.60 bits per heavy atom. The van der Waals surface area contributed by atoms with Gasteiger partial charge in [0, 0.05) is 22.4 Å². The van der Waals surface area contributed by atoms with Crippen molar-refractivity contribution in [3.05, 3.63) is 59.4 Å². The maximum Gasteiger partial charge on any atom is 0.124 e. The van der Waals surface area contributed by atoms with Gasteiger partial charge in [0.05, 0.1) is 0 Å². The van der Waals surface area contributed by atoms with Crippen molar-refractivity contribution < 1.29 is 4.39 Å². The van der Waals surface area contributed by atoms with Gasteiger partial charge >= 0.3 is 0 Å². The van der Waals surface area contributed by atoms with E-state index in [0.29, 0.717) is 6.04 Å². The van der Waals surface area contributed by atoms with Crippen molar-refractivity contribution in [3.63, 3.8) is 0 Å². The Morgan fingerprint density at radius 2 is 1.95 bits per heavy atom. The Balaban J connectivity index is 2.09. The van der Waals surface area contributed by atoms with E-state index in [4.69, 9.17) is 0 Å². The van der Waals surface area contributed by atoms with Crippen LogP contribution in [0.15, 0.2) is 52.3 Å². The van der Waals surface area contributed by atoms with Crippen LogP contribution in [0.25, 0.3) is 0 Å². The lowest BCUT2D eigenvalue weighted by atomic mass is 10.1. The molecular weight excluding hydrogens is 269 g/mol. The highest BCUT2D eigenvalue weighted by Gasteiger charge is 2.04. The van der Waals surface area contributed by atoms with Crippen LogP contribution in [0, 0.1) is 12.7 Å². The third kappa shape index (κ3) is 4.36. The van der Waals surface area contributed by atoms with Crippen molar-refractivity contribution in [3.8, 4) is 0 Å². The van der Waals surface area contributed by atoms with Crippen LogP contribution in [0.5, 0.6) is 0 Å². The maximum atomic E-state index is 13.2. The molecule has 0 amide bonds. The number of benzene rings is 2. The summed E-state index contributed by atoms with van der Waals surface area (Å²) >= 11 is 1.60. The molecule has 0 aliphatic heterocycles. The van der Waals surface area contributed by atoms with Gasteiger partial charge in [-0.05, 0) is 42.3 Å². The van der Waals surface area contributed by atoms with Crippen LogP contribution in [0.3, 0.4) is 0 Å². The number of nitrogens with one attached hydrogen (secondary N) is 1. The summed E-state index contributed by atoms with van der Waals surface area (Å²) in [4.78, 5) is 2.10. The lowest BCUT2D eigenvalue weighted by molar-refractivity contribution is 0.588. The smallest absolute Gasteiger partial charge is 0.124 e. The SMILES string of the molecule is Cc1cc(CNC(C)C)ccc1Sc1cccc(F)c1. The van der Waals surface area contributed by atoms with E-state index < -0.39 is 0 Å². The lowest BCUT2D eigenvalue weighted by Gasteiger charge is -2.11. The molecule has 2 rings (SSSR count). The average molecular weight is 289 g/mol. The van der Waals surface area contributed by atoms with Gasteiger partial charge in [0.2, 0.25) is 0 Å². The van der Waals surface area contributed by atoms with Crippen LogP contribution in [0.2, 0.25) is 0 Å². The zero-order chi connectivity index (χ0) is 14.5. The monoisotopic (exact) mass is 289 g/mol. The normalized spacial score (nSPS) is 11.1. The molecule has 0 radical (unpaired) electrons. The van der Waals surface area contributed by atoms with Crippen molar-refractivity contribution in [2.75, 3.05) is 0 Å². The van der Waals surface area contributed by atoms with Gasteiger partial charge in [0.25, 0.3) is 0 Å². The topological polar surface area (TPSA) is 12.0 Å². The fraction of sp³-hybridized carbons (Fsp3) is 0.294. The minimum absolute atomic E-state index is 0.189. The third-order valence-electron chi connectivity index (χ3n) is 2.98. The van der Waals surface area contributed by atoms with E-state index in [1.54, 1.807) is 23.9 Å². The third-order valence-corrected chi connectivity index (χ3v) is 4.15. The van der Waals surface area contributed by atoms with Crippen LogP contribution in [0.1, 0.15) is 25.0 Å². The summed E-state index contributed by atoms with van der Waals surface area (Å²) in [5.74, 6) is -0.189. The van der Waals surface area contributed by atoms with E-state index in [1.807, 2.05) is 6.07 Å². The largest absolute Gasteiger partial charge is 0.310 e. The Kier molecular flexibility index (Phi) is 5.21. The van der Waals surface area contributed by atoms with Gasteiger partial charge in [-0.1, -0.05) is 43.8 Å². The van der Waals surface area contributed by atoms with E-state index in [1.165, 1.54) is 22.1 Å². The molecule has 0 spiro atoms. The molecule has 3 heteroatoms. The second-order valence-electron chi connectivity index (χ2n) is 5.19. The average Bonchev–Trinajstić information content (AvgIpc) is 2.39. The Hall–Kier alpha value is -1.32.